The van der Waals surface area contributed by atoms with Gasteiger partial charge in [0.1, 0.15) is 0 Å². The molecule has 200 valence electrons. The van der Waals surface area contributed by atoms with Gasteiger partial charge in [0.25, 0.3) is 0 Å². The number of nitrogens with zero attached hydrogens (tertiary/aromatic N) is 2. The van der Waals surface area contributed by atoms with Crippen LogP contribution in [0.3, 0.4) is 0 Å². The molecule has 37 heavy (non-hydrogen) atoms. The van der Waals surface area contributed by atoms with Crippen LogP contribution in [0.5, 0.6) is 23.0 Å². The summed E-state index contributed by atoms with van der Waals surface area (Å²) in [7, 11) is 6.71. The summed E-state index contributed by atoms with van der Waals surface area (Å²) in [6.45, 7) is 4.41. The number of methoxy groups -OCH3 is 4. The predicted molar refractivity (Wildman–Crippen MR) is 143 cm³/mol. The van der Waals surface area contributed by atoms with Crippen LogP contribution in [0.15, 0.2) is 24.3 Å². The van der Waals surface area contributed by atoms with Crippen LogP contribution in [0.2, 0.25) is 0 Å². The number of fused-ring (bicyclic) bond motifs is 2. The van der Waals surface area contributed by atoms with Gasteiger partial charge in [0, 0.05) is 45.1 Å². The van der Waals surface area contributed by atoms with Gasteiger partial charge in [-0.05, 0) is 84.5 Å². The van der Waals surface area contributed by atoms with Crippen molar-refractivity contribution in [2.24, 2.45) is 5.92 Å². The second-order valence-corrected chi connectivity index (χ2v) is 10.6. The summed E-state index contributed by atoms with van der Waals surface area (Å²) in [6, 6.07) is 8.39. The van der Waals surface area contributed by atoms with Gasteiger partial charge in [-0.2, -0.15) is 0 Å². The first-order chi connectivity index (χ1) is 18.0. The molecule has 0 N–H and O–H groups in total. The zero-order valence-corrected chi connectivity index (χ0v) is 22.7. The van der Waals surface area contributed by atoms with Gasteiger partial charge in [0.05, 0.1) is 28.4 Å². The molecule has 1 heterocycles. The van der Waals surface area contributed by atoms with E-state index >= 15 is 0 Å². The third kappa shape index (κ3) is 5.66. The summed E-state index contributed by atoms with van der Waals surface area (Å²) in [4.78, 5) is 17.9. The number of hydrogen-bond donors (Lipinski definition) is 0. The van der Waals surface area contributed by atoms with Crippen molar-refractivity contribution >= 4 is 5.91 Å². The zero-order chi connectivity index (χ0) is 25.9. The van der Waals surface area contributed by atoms with Crippen molar-refractivity contribution in [2.45, 2.75) is 44.4 Å². The number of hydrogen-bond acceptors (Lipinski definition) is 6. The molecule has 1 saturated carbocycles. The largest absolute Gasteiger partial charge is 0.493 e. The monoisotopic (exact) mass is 508 g/mol. The van der Waals surface area contributed by atoms with Gasteiger partial charge in [-0.25, -0.2) is 0 Å². The molecule has 1 amide bonds. The van der Waals surface area contributed by atoms with Crippen molar-refractivity contribution in [3.8, 4) is 23.0 Å². The SMILES string of the molecule is COc1cc2c(cc1OC)CCN(C(=O)CCN(CC1CC1)C[C@H]1Cc3cc(OC)c(OC)cc31)CC2. The maximum Gasteiger partial charge on any atom is 0.223 e. The minimum Gasteiger partial charge on any atom is -0.493 e. The Hall–Kier alpha value is -2.93. The number of carbonyl (C=O) groups excluding carboxylic acids is 1. The van der Waals surface area contributed by atoms with E-state index in [2.05, 4.69) is 29.2 Å². The van der Waals surface area contributed by atoms with E-state index in [0.717, 1.165) is 80.9 Å². The van der Waals surface area contributed by atoms with Crippen LogP contribution in [0.1, 0.15) is 47.4 Å². The Morgan fingerprint density at radius 2 is 1.35 bits per heavy atom. The topological polar surface area (TPSA) is 60.5 Å². The lowest BCUT2D eigenvalue weighted by molar-refractivity contribution is -0.131. The summed E-state index contributed by atoms with van der Waals surface area (Å²) < 4.78 is 22.0. The number of rotatable bonds is 11. The fourth-order valence-electron chi connectivity index (χ4n) is 5.85. The lowest BCUT2D eigenvalue weighted by Gasteiger charge is -2.36. The quantitative estimate of drug-likeness (QED) is 0.456. The van der Waals surface area contributed by atoms with Gasteiger partial charge in [-0.1, -0.05) is 0 Å². The Balaban J connectivity index is 1.18. The summed E-state index contributed by atoms with van der Waals surface area (Å²) in [6.07, 6.45) is 5.94. The standard InChI is InChI=1S/C30H40N2O5/c1-34-26-14-21-7-11-32(12-8-22(21)15-27(26)35-2)30(33)9-10-31(18-20-5-6-20)19-24-13-23-16-28(36-3)29(37-4)17-25(23)24/h14-17,20,24H,5-13,18-19H2,1-4H3/t24-/m1/s1. The average molecular weight is 509 g/mol. The highest BCUT2D eigenvalue weighted by Crippen LogP contribution is 2.43. The highest BCUT2D eigenvalue weighted by molar-refractivity contribution is 5.76. The van der Waals surface area contributed by atoms with Gasteiger partial charge in [-0.15, -0.1) is 0 Å². The van der Waals surface area contributed by atoms with Crippen molar-refractivity contribution in [3.63, 3.8) is 0 Å². The van der Waals surface area contributed by atoms with E-state index in [1.165, 1.54) is 35.1 Å². The molecule has 0 unspecified atom stereocenters. The van der Waals surface area contributed by atoms with Gasteiger partial charge in [0.2, 0.25) is 5.91 Å². The summed E-state index contributed by atoms with van der Waals surface area (Å²) in [5.74, 6) is 4.64. The third-order valence-electron chi connectivity index (χ3n) is 8.25. The normalized spacial score (nSPS) is 18.4. The van der Waals surface area contributed by atoms with Crippen LogP contribution in [0.25, 0.3) is 0 Å². The predicted octanol–water partition coefficient (Wildman–Crippen LogP) is 4.09. The molecule has 3 aliphatic rings. The van der Waals surface area contributed by atoms with Crippen LogP contribution in [-0.2, 0) is 24.1 Å². The van der Waals surface area contributed by atoms with Crippen LogP contribution in [0.4, 0.5) is 0 Å². The maximum absolute atomic E-state index is 13.3. The van der Waals surface area contributed by atoms with E-state index in [1.807, 2.05) is 4.90 Å². The Labute approximate surface area is 220 Å². The van der Waals surface area contributed by atoms with Crippen LogP contribution in [-0.4, -0.2) is 76.9 Å². The zero-order valence-electron chi connectivity index (χ0n) is 22.7. The van der Waals surface area contributed by atoms with Gasteiger partial charge < -0.3 is 28.7 Å². The first-order valence-corrected chi connectivity index (χ1v) is 13.5. The lowest BCUT2D eigenvalue weighted by Crippen LogP contribution is -2.39. The molecule has 0 spiro atoms. The molecule has 1 fully saturated rings. The smallest absolute Gasteiger partial charge is 0.223 e. The molecule has 2 aromatic rings. The fraction of sp³-hybridized carbons (Fsp3) is 0.567. The average Bonchev–Trinajstić information content (AvgIpc) is 3.75. The molecule has 5 rings (SSSR count). The van der Waals surface area contributed by atoms with Crippen molar-refractivity contribution in [2.75, 3.05) is 61.2 Å². The molecule has 0 bridgehead atoms. The minimum absolute atomic E-state index is 0.257. The highest BCUT2D eigenvalue weighted by atomic mass is 16.5. The number of carbonyl (C=O) groups is 1. The Kier molecular flexibility index (Phi) is 7.79. The highest BCUT2D eigenvalue weighted by Gasteiger charge is 2.32. The second-order valence-electron chi connectivity index (χ2n) is 10.6. The molecule has 1 atom stereocenters. The first-order valence-electron chi connectivity index (χ1n) is 13.5. The molecule has 2 aliphatic carbocycles. The Morgan fingerprint density at radius 3 is 1.89 bits per heavy atom. The molecular formula is C30H40N2O5. The Morgan fingerprint density at radius 1 is 0.811 bits per heavy atom. The molecule has 0 radical (unpaired) electrons. The Bertz CT molecular complexity index is 1090. The molecular weight excluding hydrogens is 468 g/mol. The van der Waals surface area contributed by atoms with Gasteiger partial charge in [-0.3, -0.25) is 4.79 Å². The van der Waals surface area contributed by atoms with Crippen molar-refractivity contribution < 1.29 is 23.7 Å². The maximum atomic E-state index is 13.3. The van der Waals surface area contributed by atoms with Crippen molar-refractivity contribution in [1.29, 1.82) is 0 Å². The molecule has 1 aliphatic heterocycles. The van der Waals surface area contributed by atoms with Gasteiger partial charge in [0.15, 0.2) is 23.0 Å². The minimum atomic E-state index is 0.257. The molecule has 0 saturated heterocycles. The molecule has 2 aromatic carbocycles. The third-order valence-corrected chi connectivity index (χ3v) is 8.25. The van der Waals surface area contributed by atoms with Crippen LogP contribution < -0.4 is 18.9 Å². The number of amides is 1. The van der Waals surface area contributed by atoms with Crippen molar-refractivity contribution in [3.05, 3.63) is 46.5 Å². The first kappa shape index (κ1) is 25.7. The van der Waals surface area contributed by atoms with Crippen LogP contribution in [0, 0.1) is 5.92 Å². The van der Waals surface area contributed by atoms with Crippen LogP contribution >= 0.6 is 0 Å². The van der Waals surface area contributed by atoms with E-state index in [-0.39, 0.29) is 5.91 Å². The van der Waals surface area contributed by atoms with E-state index in [1.54, 1.807) is 28.4 Å². The molecule has 7 nitrogen and oxygen atoms in total. The summed E-state index contributed by atoms with van der Waals surface area (Å²) in [5.41, 5.74) is 5.21. The van der Waals surface area contributed by atoms with Crippen molar-refractivity contribution in [1.82, 2.24) is 9.80 Å². The van der Waals surface area contributed by atoms with E-state index in [4.69, 9.17) is 18.9 Å². The van der Waals surface area contributed by atoms with E-state index in [9.17, 15) is 4.79 Å². The second kappa shape index (κ2) is 11.2. The lowest BCUT2D eigenvalue weighted by atomic mass is 9.77. The van der Waals surface area contributed by atoms with E-state index < -0.39 is 0 Å². The van der Waals surface area contributed by atoms with Gasteiger partial charge >= 0.3 is 0 Å². The summed E-state index contributed by atoms with van der Waals surface area (Å²) >= 11 is 0. The molecule has 0 aromatic heterocycles. The summed E-state index contributed by atoms with van der Waals surface area (Å²) in [5, 5.41) is 0. The molecule has 7 heteroatoms. The number of benzene rings is 2. The number of ether oxygens (including phenoxy) is 4. The fourth-order valence-corrected chi connectivity index (χ4v) is 5.85. The van der Waals surface area contributed by atoms with E-state index in [0.29, 0.717) is 12.3 Å².